The Bertz CT molecular complexity index is 158. The smallest absolute Gasteiger partial charge is 0.0921 e. The van der Waals surface area contributed by atoms with Gasteiger partial charge in [-0.25, -0.2) is 4.98 Å². The van der Waals surface area contributed by atoms with Crippen molar-refractivity contribution in [1.29, 1.82) is 0 Å². The highest BCUT2D eigenvalue weighted by Crippen LogP contribution is 2.01. The molecule has 1 aromatic heterocycles. The lowest BCUT2D eigenvalue weighted by molar-refractivity contribution is 0.918. The summed E-state index contributed by atoms with van der Waals surface area (Å²) in [6, 6.07) is 0. The molecule has 1 aromatic rings. The minimum atomic E-state index is 0.408. The van der Waals surface area contributed by atoms with Crippen LogP contribution in [0.15, 0.2) is 12.5 Å². The van der Waals surface area contributed by atoms with E-state index in [4.69, 9.17) is 0 Å². The maximum atomic E-state index is 4.24. The SMILES string of the molecule is CC(S)Cc1cnc[nH]1. The van der Waals surface area contributed by atoms with Gasteiger partial charge in [0.15, 0.2) is 0 Å². The maximum Gasteiger partial charge on any atom is 0.0921 e. The second-order valence-electron chi connectivity index (χ2n) is 2.13. The van der Waals surface area contributed by atoms with E-state index < -0.39 is 0 Å². The topological polar surface area (TPSA) is 28.7 Å². The molecule has 1 atom stereocenters. The van der Waals surface area contributed by atoms with Crippen LogP contribution in [0.5, 0.6) is 0 Å². The summed E-state index contributed by atoms with van der Waals surface area (Å²) < 4.78 is 0. The summed E-state index contributed by atoms with van der Waals surface area (Å²) in [5, 5.41) is 0.408. The zero-order valence-electron chi connectivity index (χ0n) is 5.33. The molecule has 0 spiro atoms. The van der Waals surface area contributed by atoms with E-state index in [0.717, 1.165) is 12.1 Å². The second kappa shape index (κ2) is 2.92. The van der Waals surface area contributed by atoms with Crippen LogP contribution in [0, 0.1) is 0 Å². The van der Waals surface area contributed by atoms with Crippen LogP contribution in [0.3, 0.4) is 0 Å². The van der Waals surface area contributed by atoms with E-state index in [1.54, 1.807) is 6.33 Å². The fourth-order valence-electron chi connectivity index (χ4n) is 0.715. The van der Waals surface area contributed by atoms with E-state index in [2.05, 4.69) is 29.5 Å². The van der Waals surface area contributed by atoms with E-state index in [9.17, 15) is 0 Å². The Morgan fingerprint density at radius 2 is 2.67 bits per heavy atom. The van der Waals surface area contributed by atoms with Crippen LogP contribution in [0.2, 0.25) is 0 Å². The average molecular weight is 142 g/mol. The average Bonchev–Trinajstić information content (AvgIpc) is 2.15. The first-order valence-electron chi connectivity index (χ1n) is 2.94. The van der Waals surface area contributed by atoms with Crippen molar-refractivity contribution < 1.29 is 0 Å². The van der Waals surface area contributed by atoms with Gasteiger partial charge in [-0.2, -0.15) is 12.6 Å². The second-order valence-corrected chi connectivity index (χ2v) is 3.01. The molecule has 1 N–H and O–H groups in total. The van der Waals surface area contributed by atoms with Gasteiger partial charge in [0.1, 0.15) is 0 Å². The van der Waals surface area contributed by atoms with Crippen LogP contribution in [0.4, 0.5) is 0 Å². The molecule has 1 rings (SSSR count). The summed E-state index contributed by atoms with van der Waals surface area (Å²) in [6.45, 7) is 2.06. The van der Waals surface area contributed by atoms with E-state index in [-0.39, 0.29) is 0 Å². The maximum absolute atomic E-state index is 4.24. The number of rotatable bonds is 2. The fourth-order valence-corrected chi connectivity index (χ4v) is 0.911. The summed E-state index contributed by atoms with van der Waals surface area (Å²) >= 11 is 4.24. The molecule has 50 valence electrons. The zero-order valence-corrected chi connectivity index (χ0v) is 6.23. The molecule has 0 bridgehead atoms. The van der Waals surface area contributed by atoms with Gasteiger partial charge in [0.25, 0.3) is 0 Å². The summed E-state index contributed by atoms with van der Waals surface area (Å²) in [5.41, 5.74) is 1.15. The highest BCUT2D eigenvalue weighted by atomic mass is 32.1. The van der Waals surface area contributed by atoms with Crippen molar-refractivity contribution in [3.05, 3.63) is 18.2 Å². The molecule has 1 unspecified atom stereocenters. The standard InChI is InChI=1S/C6H10N2S/c1-5(9)2-6-3-7-4-8-6/h3-5,9H,2H2,1H3,(H,7,8). The molecule has 0 aliphatic carbocycles. The number of thiol groups is 1. The lowest BCUT2D eigenvalue weighted by Gasteiger charge is -1.97. The van der Waals surface area contributed by atoms with Crippen molar-refractivity contribution >= 4 is 12.6 Å². The molecule has 0 fully saturated rings. The van der Waals surface area contributed by atoms with Gasteiger partial charge in [-0.3, -0.25) is 0 Å². The molecule has 0 radical (unpaired) electrons. The van der Waals surface area contributed by atoms with Gasteiger partial charge >= 0.3 is 0 Å². The van der Waals surface area contributed by atoms with E-state index in [1.165, 1.54) is 0 Å². The van der Waals surface area contributed by atoms with Gasteiger partial charge in [0, 0.05) is 23.6 Å². The number of aromatic amines is 1. The molecular weight excluding hydrogens is 132 g/mol. The molecule has 0 aliphatic heterocycles. The summed E-state index contributed by atoms with van der Waals surface area (Å²) in [4.78, 5) is 6.89. The third kappa shape index (κ3) is 2.10. The minimum Gasteiger partial charge on any atom is -0.348 e. The number of hydrogen-bond donors (Lipinski definition) is 2. The lowest BCUT2D eigenvalue weighted by Crippen LogP contribution is -1.96. The van der Waals surface area contributed by atoms with Crippen molar-refractivity contribution in [2.45, 2.75) is 18.6 Å². The van der Waals surface area contributed by atoms with Crippen LogP contribution in [0.1, 0.15) is 12.6 Å². The highest BCUT2D eigenvalue weighted by Gasteiger charge is 1.96. The molecule has 0 saturated carbocycles. The molecular formula is C6H10N2S. The van der Waals surface area contributed by atoms with Crippen molar-refractivity contribution in [3.63, 3.8) is 0 Å². The van der Waals surface area contributed by atoms with Crippen LogP contribution < -0.4 is 0 Å². The van der Waals surface area contributed by atoms with Gasteiger partial charge in [0.2, 0.25) is 0 Å². The van der Waals surface area contributed by atoms with Crippen molar-refractivity contribution in [2.24, 2.45) is 0 Å². The Morgan fingerprint density at radius 3 is 3.11 bits per heavy atom. The molecule has 2 nitrogen and oxygen atoms in total. The van der Waals surface area contributed by atoms with Gasteiger partial charge in [-0.15, -0.1) is 0 Å². The first kappa shape index (κ1) is 6.68. The molecule has 0 aliphatic rings. The van der Waals surface area contributed by atoms with Crippen molar-refractivity contribution in [3.8, 4) is 0 Å². The number of hydrogen-bond acceptors (Lipinski definition) is 2. The summed E-state index contributed by atoms with van der Waals surface area (Å²) in [5.74, 6) is 0. The van der Waals surface area contributed by atoms with Crippen molar-refractivity contribution in [2.75, 3.05) is 0 Å². The summed E-state index contributed by atoms with van der Waals surface area (Å²) in [6.07, 6.45) is 4.47. The number of nitrogens with zero attached hydrogens (tertiary/aromatic N) is 1. The number of aromatic nitrogens is 2. The van der Waals surface area contributed by atoms with Gasteiger partial charge < -0.3 is 4.98 Å². The largest absolute Gasteiger partial charge is 0.348 e. The van der Waals surface area contributed by atoms with E-state index >= 15 is 0 Å². The van der Waals surface area contributed by atoms with Gasteiger partial charge in [-0.1, -0.05) is 6.92 Å². The Labute approximate surface area is 60.1 Å². The Balaban J connectivity index is 2.48. The molecule has 0 aromatic carbocycles. The van der Waals surface area contributed by atoms with Gasteiger partial charge in [0.05, 0.1) is 6.33 Å². The predicted octanol–water partition coefficient (Wildman–Crippen LogP) is 1.27. The first-order chi connectivity index (χ1) is 4.29. The number of H-pyrrole nitrogens is 1. The molecule has 1 heterocycles. The first-order valence-corrected chi connectivity index (χ1v) is 3.46. The third-order valence-electron chi connectivity index (χ3n) is 1.07. The molecule has 0 amide bonds. The molecule has 0 saturated heterocycles. The van der Waals surface area contributed by atoms with Crippen LogP contribution in [-0.4, -0.2) is 15.2 Å². The molecule has 9 heavy (non-hydrogen) atoms. The Hall–Kier alpha value is -0.440. The quantitative estimate of drug-likeness (QED) is 0.598. The highest BCUT2D eigenvalue weighted by molar-refractivity contribution is 7.80. The minimum absolute atomic E-state index is 0.408. The number of nitrogens with one attached hydrogen (secondary N) is 1. The van der Waals surface area contributed by atoms with Crippen molar-refractivity contribution in [1.82, 2.24) is 9.97 Å². The van der Waals surface area contributed by atoms with E-state index in [0.29, 0.717) is 5.25 Å². The monoisotopic (exact) mass is 142 g/mol. The predicted molar refractivity (Wildman–Crippen MR) is 40.7 cm³/mol. The third-order valence-corrected chi connectivity index (χ3v) is 1.25. The fraction of sp³-hybridized carbons (Fsp3) is 0.500. The zero-order chi connectivity index (χ0) is 6.69. The van der Waals surface area contributed by atoms with Gasteiger partial charge in [-0.05, 0) is 0 Å². The number of imidazole rings is 1. The summed E-state index contributed by atoms with van der Waals surface area (Å²) in [7, 11) is 0. The molecule has 3 heteroatoms. The normalized spacial score (nSPS) is 13.6. The van der Waals surface area contributed by atoms with Crippen LogP contribution >= 0.6 is 12.6 Å². The lowest BCUT2D eigenvalue weighted by atomic mass is 10.3. The van der Waals surface area contributed by atoms with E-state index in [1.807, 2.05) is 6.20 Å². The Morgan fingerprint density at radius 1 is 1.89 bits per heavy atom. The van der Waals surface area contributed by atoms with Crippen LogP contribution in [-0.2, 0) is 6.42 Å². The Kier molecular flexibility index (Phi) is 2.16. The van der Waals surface area contributed by atoms with Crippen LogP contribution in [0.25, 0.3) is 0 Å².